The van der Waals surface area contributed by atoms with E-state index in [4.69, 9.17) is 4.80 Å². The molecular weight excluding hydrogens is 140 g/mol. The first-order valence-corrected chi connectivity index (χ1v) is 5.50. The van der Waals surface area contributed by atoms with Gasteiger partial charge in [-0.05, 0) is 18.2 Å². The minimum atomic E-state index is -1.09. The van der Waals surface area contributed by atoms with Crippen molar-refractivity contribution >= 4 is 9.04 Å². The van der Waals surface area contributed by atoms with E-state index in [2.05, 4.69) is 0 Å². The van der Waals surface area contributed by atoms with Gasteiger partial charge in [0.15, 0.2) is 0 Å². The highest BCUT2D eigenvalue weighted by Gasteiger charge is 1.99. The van der Waals surface area contributed by atoms with Crippen molar-refractivity contribution < 1.29 is 4.80 Å². The second kappa shape index (κ2) is 3.54. The summed E-state index contributed by atoms with van der Waals surface area (Å²) in [6.07, 6.45) is 0. The SMILES string of the molecule is C[Si](O)Cc1ccccc1. The Hall–Kier alpha value is -0.603. The molecule has 1 N–H and O–H groups in total. The third-order valence-electron chi connectivity index (χ3n) is 1.30. The third-order valence-corrected chi connectivity index (χ3v) is 2.22. The lowest BCUT2D eigenvalue weighted by Crippen LogP contribution is -2.09. The van der Waals surface area contributed by atoms with Gasteiger partial charge in [0.2, 0.25) is 9.04 Å². The minimum absolute atomic E-state index is 0.853. The number of hydrogen-bond donors (Lipinski definition) is 1. The Morgan fingerprint density at radius 1 is 1.30 bits per heavy atom. The second-order valence-electron chi connectivity index (χ2n) is 2.40. The van der Waals surface area contributed by atoms with E-state index in [0.717, 1.165) is 6.04 Å². The lowest BCUT2D eigenvalue weighted by atomic mass is 10.2. The van der Waals surface area contributed by atoms with Crippen molar-refractivity contribution in [3.8, 4) is 0 Å². The Morgan fingerprint density at radius 3 is 2.40 bits per heavy atom. The molecule has 1 aromatic rings. The number of rotatable bonds is 2. The van der Waals surface area contributed by atoms with Crippen LogP contribution in [0.4, 0.5) is 0 Å². The normalized spacial score (nSPS) is 10.3. The Morgan fingerprint density at radius 2 is 1.90 bits per heavy atom. The van der Waals surface area contributed by atoms with Gasteiger partial charge < -0.3 is 4.80 Å². The maximum atomic E-state index is 9.11. The molecule has 0 saturated heterocycles. The fourth-order valence-electron chi connectivity index (χ4n) is 0.891. The van der Waals surface area contributed by atoms with Gasteiger partial charge in [0.1, 0.15) is 0 Å². The lowest BCUT2D eigenvalue weighted by Gasteiger charge is -1.99. The maximum Gasteiger partial charge on any atom is 0.208 e. The van der Waals surface area contributed by atoms with E-state index in [9.17, 15) is 0 Å². The molecule has 0 aliphatic heterocycles. The van der Waals surface area contributed by atoms with Gasteiger partial charge >= 0.3 is 0 Å². The first kappa shape index (κ1) is 7.50. The molecule has 1 nitrogen and oxygen atoms in total. The van der Waals surface area contributed by atoms with E-state index >= 15 is 0 Å². The molecule has 1 rings (SSSR count). The predicted octanol–water partition coefficient (Wildman–Crippen LogP) is 1.38. The Kier molecular flexibility index (Phi) is 2.65. The summed E-state index contributed by atoms with van der Waals surface area (Å²) in [5.41, 5.74) is 1.24. The van der Waals surface area contributed by atoms with E-state index in [1.54, 1.807) is 0 Å². The third kappa shape index (κ3) is 2.33. The van der Waals surface area contributed by atoms with E-state index < -0.39 is 9.04 Å². The summed E-state index contributed by atoms with van der Waals surface area (Å²) in [5, 5.41) is 0. The Bertz CT molecular complexity index is 184. The monoisotopic (exact) mass is 151 g/mol. The van der Waals surface area contributed by atoms with Crippen LogP contribution in [0.1, 0.15) is 5.56 Å². The molecule has 0 amide bonds. The highest BCUT2D eigenvalue weighted by atomic mass is 28.3. The summed E-state index contributed by atoms with van der Waals surface area (Å²) >= 11 is 0. The molecular formula is C8H11OSi. The molecule has 0 saturated carbocycles. The van der Waals surface area contributed by atoms with Crippen molar-refractivity contribution in [2.45, 2.75) is 12.6 Å². The molecule has 0 unspecified atom stereocenters. The van der Waals surface area contributed by atoms with E-state index in [-0.39, 0.29) is 0 Å². The zero-order chi connectivity index (χ0) is 7.40. The van der Waals surface area contributed by atoms with Crippen molar-refractivity contribution in [3.63, 3.8) is 0 Å². The molecule has 0 spiro atoms. The fourth-order valence-corrected chi connectivity index (χ4v) is 1.72. The minimum Gasteiger partial charge on any atom is -0.431 e. The van der Waals surface area contributed by atoms with Crippen LogP contribution in [0, 0.1) is 0 Å². The molecule has 1 radical (unpaired) electrons. The molecule has 0 heterocycles. The van der Waals surface area contributed by atoms with Crippen molar-refractivity contribution in [2.75, 3.05) is 0 Å². The smallest absolute Gasteiger partial charge is 0.208 e. The fraction of sp³-hybridized carbons (Fsp3) is 0.250. The van der Waals surface area contributed by atoms with Crippen LogP contribution in [0.15, 0.2) is 30.3 Å². The highest BCUT2D eigenvalue weighted by molar-refractivity contribution is 6.48. The van der Waals surface area contributed by atoms with Crippen LogP contribution < -0.4 is 0 Å². The lowest BCUT2D eigenvalue weighted by molar-refractivity contribution is 0.577. The molecule has 1 aromatic carbocycles. The van der Waals surface area contributed by atoms with Gasteiger partial charge in [0.25, 0.3) is 0 Å². The van der Waals surface area contributed by atoms with Crippen LogP contribution in [0.3, 0.4) is 0 Å². The number of benzene rings is 1. The summed E-state index contributed by atoms with van der Waals surface area (Å²) in [5.74, 6) is 0. The topological polar surface area (TPSA) is 20.2 Å². The molecule has 2 heteroatoms. The van der Waals surface area contributed by atoms with Gasteiger partial charge in [-0.3, -0.25) is 0 Å². The molecule has 53 valence electrons. The molecule has 0 atom stereocenters. The molecule has 0 bridgehead atoms. The Labute approximate surface area is 63.1 Å². The largest absolute Gasteiger partial charge is 0.431 e. The molecule has 0 aromatic heterocycles. The molecule has 0 aliphatic rings. The maximum absolute atomic E-state index is 9.11. The average molecular weight is 151 g/mol. The second-order valence-corrected chi connectivity index (χ2v) is 4.22. The Balaban J connectivity index is 2.59. The van der Waals surface area contributed by atoms with E-state index in [1.165, 1.54) is 5.56 Å². The van der Waals surface area contributed by atoms with Gasteiger partial charge in [-0.2, -0.15) is 0 Å². The summed E-state index contributed by atoms with van der Waals surface area (Å²) < 4.78 is 0. The first-order valence-electron chi connectivity index (χ1n) is 3.34. The van der Waals surface area contributed by atoms with Gasteiger partial charge in [0.05, 0.1) is 0 Å². The van der Waals surface area contributed by atoms with E-state index in [1.807, 2.05) is 36.9 Å². The highest BCUT2D eigenvalue weighted by Crippen LogP contribution is 1.99. The quantitative estimate of drug-likeness (QED) is 0.633. The van der Waals surface area contributed by atoms with Gasteiger partial charge in [-0.1, -0.05) is 30.3 Å². The van der Waals surface area contributed by atoms with Crippen LogP contribution in [0.25, 0.3) is 0 Å². The predicted molar refractivity (Wildman–Crippen MR) is 44.0 cm³/mol. The standard InChI is InChI=1S/C8H11OSi/c1-10(9)7-8-5-3-2-4-6-8/h2-6,9H,7H2,1H3. The van der Waals surface area contributed by atoms with Crippen LogP contribution >= 0.6 is 0 Å². The van der Waals surface area contributed by atoms with Crippen LogP contribution in [-0.4, -0.2) is 13.8 Å². The van der Waals surface area contributed by atoms with Crippen molar-refractivity contribution in [3.05, 3.63) is 35.9 Å². The first-order chi connectivity index (χ1) is 4.79. The van der Waals surface area contributed by atoms with Crippen molar-refractivity contribution in [1.29, 1.82) is 0 Å². The van der Waals surface area contributed by atoms with Crippen LogP contribution in [0.2, 0.25) is 6.55 Å². The van der Waals surface area contributed by atoms with Crippen molar-refractivity contribution in [1.82, 2.24) is 0 Å². The summed E-state index contributed by atoms with van der Waals surface area (Å²) in [4.78, 5) is 9.11. The van der Waals surface area contributed by atoms with Gasteiger partial charge in [0, 0.05) is 0 Å². The van der Waals surface area contributed by atoms with Crippen LogP contribution in [-0.2, 0) is 6.04 Å². The molecule has 10 heavy (non-hydrogen) atoms. The zero-order valence-electron chi connectivity index (χ0n) is 6.04. The van der Waals surface area contributed by atoms with Crippen LogP contribution in [0.5, 0.6) is 0 Å². The van der Waals surface area contributed by atoms with Crippen molar-refractivity contribution in [2.24, 2.45) is 0 Å². The van der Waals surface area contributed by atoms with Gasteiger partial charge in [-0.25, -0.2) is 0 Å². The summed E-state index contributed by atoms with van der Waals surface area (Å²) in [6, 6.07) is 10.9. The summed E-state index contributed by atoms with van der Waals surface area (Å²) in [6.45, 7) is 1.90. The average Bonchev–Trinajstić information content (AvgIpc) is 1.88. The van der Waals surface area contributed by atoms with Gasteiger partial charge in [-0.15, -0.1) is 0 Å². The zero-order valence-corrected chi connectivity index (χ0v) is 7.04. The number of hydrogen-bond acceptors (Lipinski definition) is 1. The van der Waals surface area contributed by atoms with E-state index in [0.29, 0.717) is 0 Å². The molecule has 0 fully saturated rings. The molecule has 0 aliphatic carbocycles. The summed E-state index contributed by atoms with van der Waals surface area (Å²) in [7, 11) is -1.09.